The fourth-order valence-corrected chi connectivity index (χ4v) is 3.50. The van der Waals surface area contributed by atoms with Crippen LogP contribution in [0, 0.1) is 0 Å². The van der Waals surface area contributed by atoms with Crippen molar-refractivity contribution in [3.63, 3.8) is 0 Å². The fourth-order valence-electron chi connectivity index (χ4n) is 2.81. The largest absolute Gasteiger partial charge is 0.547 e. The Balaban J connectivity index is 2.24. The minimum atomic E-state index is -1.19. The number of carbonyl (C=O) groups is 1. The van der Waals surface area contributed by atoms with Gasteiger partial charge in [0.2, 0.25) is 0 Å². The number of hydrogen-bond acceptors (Lipinski definition) is 5. The molecule has 0 saturated carbocycles. The van der Waals surface area contributed by atoms with Crippen LogP contribution in [-0.4, -0.2) is 35.7 Å². The minimum Gasteiger partial charge on any atom is -0.547 e. The number of carbonyl (C=O) groups excluding carboxylic acids is 1. The zero-order valence-electron chi connectivity index (χ0n) is 12.1. The van der Waals surface area contributed by atoms with Gasteiger partial charge in [-0.2, -0.15) is 0 Å². The van der Waals surface area contributed by atoms with E-state index in [-0.39, 0.29) is 6.10 Å². The van der Waals surface area contributed by atoms with Crippen molar-refractivity contribution in [1.82, 2.24) is 0 Å². The average molecular weight is 395 g/mol. The smallest absolute Gasteiger partial charge is 0.164 e. The molecule has 1 saturated heterocycles. The van der Waals surface area contributed by atoms with Crippen molar-refractivity contribution in [2.24, 2.45) is 0 Å². The highest BCUT2D eigenvalue weighted by molar-refractivity contribution is 14.1. The summed E-state index contributed by atoms with van der Waals surface area (Å²) in [4.78, 5) is 11.1. The van der Waals surface area contributed by atoms with E-state index in [9.17, 15) is 9.90 Å². The van der Waals surface area contributed by atoms with Crippen molar-refractivity contribution < 1.29 is 24.1 Å². The van der Waals surface area contributed by atoms with Gasteiger partial charge in [-0.15, -0.1) is 0 Å². The van der Waals surface area contributed by atoms with Crippen LogP contribution >= 0.6 is 22.6 Å². The van der Waals surface area contributed by atoms with Crippen LogP contribution in [0.25, 0.3) is 0 Å². The maximum Gasteiger partial charge on any atom is 0.164 e. The minimum absolute atomic E-state index is 0.317. The average Bonchev–Trinajstić information content (AvgIpc) is 2.58. The SMILES string of the molecule is CCC(O[C@H]1C(I)=CC[C@@]2(C)OC(C)(C)O[C@@H]12)C(=O)[O-]. The standard InChI is InChI=1S/C14H21IO5/c1-5-9(12(16)17)18-10-8(15)6-7-14(4)11(10)19-13(2,3)20-14/h6,9-11H,5,7H2,1-4H3,(H,16,17)/p-1/t9?,10-,11-,14+/m0/s1. The zero-order valence-corrected chi connectivity index (χ0v) is 14.3. The molecule has 1 aliphatic carbocycles. The van der Waals surface area contributed by atoms with Crippen LogP contribution < -0.4 is 5.11 Å². The summed E-state index contributed by atoms with van der Waals surface area (Å²) in [5.41, 5.74) is -0.493. The van der Waals surface area contributed by atoms with Crippen LogP contribution in [0.3, 0.4) is 0 Å². The molecule has 0 aromatic carbocycles. The van der Waals surface area contributed by atoms with Gasteiger partial charge in [0.15, 0.2) is 5.79 Å². The topological polar surface area (TPSA) is 67.8 Å². The number of carboxylic acids is 1. The third-order valence-electron chi connectivity index (χ3n) is 3.69. The second kappa shape index (κ2) is 5.55. The van der Waals surface area contributed by atoms with Crippen LogP contribution in [0.4, 0.5) is 0 Å². The molecule has 0 amide bonds. The van der Waals surface area contributed by atoms with Crippen molar-refractivity contribution >= 4 is 28.6 Å². The van der Waals surface area contributed by atoms with Crippen molar-refractivity contribution in [2.75, 3.05) is 0 Å². The third kappa shape index (κ3) is 3.03. The first-order valence-electron chi connectivity index (χ1n) is 6.78. The summed E-state index contributed by atoms with van der Waals surface area (Å²) < 4.78 is 18.6. The molecule has 0 aromatic heterocycles. The molecule has 20 heavy (non-hydrogen) atoms. The molecule has 0 bridgehead atoms. The quantitative estimate of drug-likeness (QED) is 0.676. The summed E-state index contributed by atoms with van der Waals surface area (Å²) in [6, 6.07) is 0. The van der Waals surface area contributed by atoms with Crippen LogP contribution in [0.15, 0.2) is 9.66 Å². The predicted octanol–water partition coefficient (Wildman–Crippen LogP) is 1.53. The molecular weight excluding hydrogens is 375 g/mol. The van der Waals surface area contributed by atoms with E-state index in [0.29, 0.717) is 6.42 Å². The normalized spacial score (nSPS) is 37.1. The zero-order chi connectivity index (χ0) is 15.1. The third-order valence-corrected chi connectivity index (χ3v) is 4.74. The Hall–Kier alpha value is -0.180. The van der Waals surface area contributed by atoms with Crippen molar-refractivity contribution in [3.05, 3.63) is 9.66 Å². The van der Waals surface area contributed by atoms with Crippen molar-refractivity contribution in [3.8, 4) is 0 Å². The number of rotatable bonds is 4. The van der Waals surface area contributed by atoms with Crippen LogP contribution in [-0.2, 0) is 19.0 Å². The fraction of sp³-hybridized carbons (Fsp3) is 0.786. The molecule has 0 aromatic rings. The molecule has 1 unspecified atom stereocenters. The summed E-state index contributed by atoms with van der Waals surface area (Å²) >= 11 is 2.17. The number of fused-ring (bicyclic) bond motifs is 1. The monoisotopic (exact) mass is 395 g/mol. The summed E-state index contributed by atoms with van der Waals surface area (Å²) in [5, 5.41) is 11.1. The van der Waals surface area contributed by atoms with Crippen LogP contribution in [0.1, 0.15) is 40.5 Å². The molecular formula is C14H20IO5-. The van der Waals surface area contributed by atoms with E-state index >= 15 is 0 Å². The lowest BCUT2D eigenvalue weighted by Gasteiger charge is -2.38. The molecule has 114 valence electrons. The number of aliphatic carboxylic acids is 1. The first-order chi connectivity index (χ1) is 9.18. The molecule has 1 fully saturated rings. The lowest BCUT2D eigenvalue weighted by molar-refractivity contribution is -0.319. The summed E-state index contributed by atoms with van der Waals surface area (Å²) in [5.74, 6) is -1.89. The van der Waals surface area contributed by atoms with Gasteiger partial charge in [-0.3, -0.25) is 0 Å². The summed E-state index contributed by atoms with van der Waals surface area (Å²) in [6.45, 7) is 7.45. The van der Waals surface area contributed by atoms with Gasteiger partial charge < -0.3 is 24.1 Å². The highest BCUT2D eigenvalue weighted by Gasteiger charge is 2.55. The maximum atomic E-state index is 11.1. The first-order valence-corrected chi connectivity index (χ1v) is 7.86. The Labute approximate surface area is 132 Å². The van der Waals surface area contributed by atoms with E-state index in [4.69, 9.17) is 14.2 Å². The van der Waals surface area contributed by atoms with Gasteiger partial charge in [-0.25, -0.2) is 0 Å². The van der Waals surface area contributed by atoms with Gasteiger partial charge in [-0.05, 0) is 56.2 Å². The number of hydrogen-bond donors (Lipinski definition) is 0. The van der Waals surface area contributed by atoms with Crippen molar-refractivity contribution in [2.45, 2.75) is 70.2 Å². The molecule has 1 aliphatic heterocycles. The maximum absolute atomic E-state index is 11.1. The lowest BCUT2D eigenvalue weighted by Crippen LogP contribution is -2.51. The Morgan fingerprint density at radius 2 is 2.25 bits per heavy atom. The summed E-state index contributed by atoms with van der Waals surface area (Å²) in [6.07, 6.45) is 1.42. The molecule has 1 heterocycles. The van der Waals surface area contributed by atoms with E-state index < -0.39 is 29.6 Å². The Kier molecular flexibility index (Phi) is 4.49. The molecule has 4 atom stereocenters. The van der Waals surface area contributed by atoms with E-state index in [1.54, 1.807) is 6.92 Å². The number of ether oxygens (including phenoxy) is 3. The second-order valence-electron chi connectivity index (χ2n) is 5.92. The molecule has 0 radical (unpaired) electrons. The first kappa shape index (κ1) is 16.2. The molecule has 0 spiro atoms. The number of carboxylic acid groups (broad SMARTS) is 1. The molecule has 5 nitrogen and oxygen atoms in total. The van der Waals surface area contributed by atoms with Crippen molar-refractivity contribution in [1.29, 1.82) is 0 Å². The highest BCUT2D eigenvalue weighted by Crippen LogP contribution is 2.46. The van der Waals surface area contributed by atoms with Gasteiger partial charge in [0, 0.05) is 3.58 Å². The van der Waals surface area contributed by atoms with Crippen LogP contribution in [0.2, 0.25) is 0 Å². The number of halogens is 1. The van der Waals surface area contributed by atoms with E-state index in [1.165, 1.54) is 0 Å². The Bertz CT molecular complexity index is 433. The van der Waals surface area contributed by atoms with Gasteiger partial charge in [0.05, 0.1) is 12.1 Å². The van der Waals surface area contributed by atoms with Gasteiger partial charge in [-0.1, -0.05) is 13.0 Å². The van der Waals surface area contributed by atoms with E-state index in [0.717, 1.165) is 10.0 Å². The molecule has 0 N–H and O–H groups in total. The Morgan fingerprint density at radius 3 is 2.80 bits per heavy atom. The lowest BCUT2D eigenvalue weighted by atomic mass is 9.86. The van der Waals surface area contributed by atoms with E-state index in [1.807, 2.05) is 26.8 Å². The molecule has 6 heteroatoms. The highest BCUT2D eigenvalue weighted by atomic mass is 127. The second-order valence-corrected chi connectivity index (χ2v) is 7.16. The Morgan fingerprint density at radius 1 is 1.60 bits per heavy atom. The van der Waals surface area contributed by atoms with Gasteiger partial charge in [0.1, 0.15) is 17.8 Å². The summed E-state index contributed by atoms with van der Waals surface area (Å²) in [7, 11) is 0. The van der Waals surface area contributed by atoms with Crippen LogP contribution in [0.5, 0.6) is 0 Å². The van der Waals surface area contributed by atoms with Gasteiger partial charge >= 0.3 is 0 Å². The molecule has 2 rings (SSSR count). The molecule has 2 aliphatic rings. The van der Waals surface area contributed by atoms with Gasteiger partial charge in [0.25, 0.3) is 0 Å². The predicted molar refractivity (Wildman–Crippen MR) is 79.1 cm³/mol. The van der Waals surface area contributed by atoms with E-state index in [2.05, 4.69) is 22.6 Å².